The third-order valence-electron chi connectivity index (χ3n) is 3.09. The van der Waals surface area contributed by atoms with Gasteiger partial charge in [0.25, 0.3) is 0 Å². The van der Waals surface area contributed by atoms with Crippen molar-refractivity contribution in [3.8, 4) is 10.4 Å². The Hall–Kier alpha value is -1.46. The Morgan fingerprint density at radius 3 is 2.73 bits per heavy atom. The molecule has 1 aromatic carbocycles. The van der Waals surface area contributed by atoms with Crippen LogP contribution in [0.3, 0.4) is 0 Å². The van der Waals surface area contributed by atoms with E-state index in [0.717, 1.165) is 27.6 Å². The van der Waals surface area contributed by atoms with Crippen molar-refractivity contribution < 1.29 is 0 Å². The van der Waals surface area contributed by atoms with Gasteiger partial charge in [-0.2, -0.15) is 0 Å². The second-order valence-electron chi connectivity index (χ2n) is 4.71. The van der Waals surface area contributed by atoms with E-state index in [1.165, 1.54) is 0 Å². The van der Waals surface area contributed by atoms with Crippen molar-refractivity contribution in [3.05, 3.63) is 69.5 Å². The predicted molar refractivity (Wildman–Crippen MR) is 92.4 cm³/mol. The third kappa shape index (κ3) is 3.84. The van der Waals surface area contributed by atoms with Crippen LogP contribution in [0.2, 0.25) is 10.0 Å². The summed E-state index contributed by atoms with van der Waals surface area (Å²) in [6.07, 6.45) is 5.50. The predicted octanol–water partition coefficient (Wildman–Crippen LogP) is 4.80. The van der Waals surface area contributed by atoms with E-state index < -0.39 is 0 Å². The number of nitrogens with one attached hydrogen (secondary N) is 1. The SMILES string of the molecule is Clc1ccc(CNCc2ncc(-c3cccnc3)s2)cc1Cl. The molecule has 0 aliphatic heterocycles. The normalized spacial score (nSPS) is 10.8. The van der Waals surface area contributed by atoms with Crippen molar-refractivity contribution in [1.82, 2.24) is 15.3 Å². The highest BCUT2D eigenvalue weighted by atomic mass is 35.5. The van der Waals surface area contributed by atoms with Gasteiger partial charge >= 0.3 is 0 Å². The largest absolute Gasteiger partial charge is 0.306 e. The van der Waals surface area contributed by atoms with E-state index in [4.69, 9.17) is 23.2 Å². The summed E-state index contributed by atoms with van der Waals surface area (Å²) in [5.41, 5.74) is 2.19. The van der Waals surface area contributed by atoms with E-state index in [0.29, 0.717) is 16.6 Å². The summed E-state index contributed by atoms with van der Waals surface area (Å²) >= 11 is 13.6. The first kappa shape index (κ1) is 15.4. The highest BCUT2D eigenvalue weighted by Crippen LogP contribution is 2.25. The highest BCUT2D eigenvalue weighted by molar-refractivity contribution is 7.15. The smallest absolute Gasteiger partial charge is 0.107 e. The maximum Gasteiger partial charge on any atom is 0.107 e. The molecule has 0 radical (unpaired) electrons. The summed E-state index contributed by atoms with van der Waals surface area (Å²) in [4.78, 5) is 9.69. The molecular weight excluding hydrogens is 337 g/mol. The van der Waals surface area contributed by atoms with Crippen molar-refractivity contribution in [2.45, 2.75) is 13.1 Å². The summed E-state index contributed by atoms with van der Waals surface area (Å²) in [5, 5.41) is 5.55. The average molecular weight is 350 g/mol. The van der Waals surface area contributed by atoms with Gasteiger partial charge < -0.3 is 5.32 Å². The summed E-state index contributed by atoms with van der Waals surface area (Å²) in [6, 6.07) is 9.61. The van der Waals surface area contributed by atoms with Crippen LogP contribution in [-0.4, -0.2) is 9.97 Å². The van der Waals surface area contributed by atoms with Crippen LogP contribution < -0.4 is 5.32 Å². The molecule has 0 aliphatic rings. The summed E-state index contributed by atoms with van der Waals surface area (Å²) in [6.45, 7) is 1.43. The molecule has 0 fully saturated rings. The number of rotatable bonds is 5. The standard InChI is InChI=1S/C16H13Cl2N3S/c17-13-4-3-11(6-14(13)18)7-20-10-16-21-9-15(22-16)12-2-1-5-19-8-12/h1-6,8-9,20H,7,10H2. The topological polar surface area (TPSA) is 37.8 Å². The number of aromatic nitrogens is 2. The summed E-state index contributed by atoms with van der Waals surface area (Å²) in [7, 11) is 0. The van der Waals surface area contributed by atoms with Gasteiger partial charge in [0.1, 0.15) is 5.01 Å². The molecule has 0 saturated carbocycles. The summed E-state index contributed by atoms with van der Waals surface area (Å²) in [5.74, 6) is 0. The number of pyridine rings is 1. The number of thiazole rings is 1. The molecule has 0 atom stereocenters. The molecular formula is C16H13Cl2N3S. The van der Waals surface area contributed by atoms with Crippen LogP contribution in [0.1, 0.15) is 10.6 Å². The molecule has 22 heavy (non-hydrogen) atoms. The molecule has 1 N–H and O–H groups in total. The molecule has 3 aromatic rings. The molecule has 0 amide bonds. The molecule has 112 valence electrons. The molecule has 2 heterocycles. The molecule has 0 saturated heterocycles. The number of nitrogens with zero attached hydrogens (tertiary/aromatic N) is 2. The Kier molecular flexibility index (Phi) is 5.05. The van der Waals surface area contributed by atoms with Crippen molar-refractivity contribution >= 4 is 34.5 Å². The van der Waals surface area contributed by atoms with Crippen molar-refractivity contribution in [3.63, 3.8) is 0 Å². The van der Waals surface area contributed by atoms with E-state index in [1.807, 2.05) is 42.7 Å². The fraction of sp³-hybridized carbons (Fsp3) is 0.125. The van der Waals surface area contributed by atoms with Crippen molar-refractivity contribution in [1.29, 1.82) is 0 Å². The zero-order chi connectivity index (χ0) is 15.4. The van der Waals surface area contributed by atoms with Crippen LogP contribution in [0.15, 0.2) is 48.9 Å². The second kappa shape index (κ2) is 7.20. The first-order valence-electron chi connectivity index (χ1n) is 6.72. The Balaban J connectivity index is 1.58. The lowest BCUT2D eigenvalue weighted by atomic mass is 10.2. The Labute approximate surface area is 143 Å². The van der Waals surface area contributed by atoms with Crippen LogP contribution in [0.4, 0.5) is 0 Å². The molecule has 0 aliphatic carbocycles. The first-order valence-corrected chi connectivity index (χ1v) is 8.29. The van der Waals surface area contributed by atoms with Gasteiger partial charge in [-0.15, -0.1) is 11.3 Å². The molecule has 3 rings (SSSR count). The van der Waals surface area contributed by atoms with Gasteiger partial charge in [0.05, 0.1) is 14.9 Å². The number of hydrogen-bond donors (Lipinski definition) is 1. The van der Waals surface area contributed by atoms with Gasteiger partial charge in [0, 0.05) is 37.2 Å². The zero-order valence-corrected chi connectivity index (χ0v) is 13.9. The van der Waals surface area contributed by atoms with Gasteiger partial charge in [-0.05, 0) is 23.8 Å². The second-order valence-corrected chi connectivity index (χ2v) is 6.64. The van der Waals surface area contributed by atoms with E-state index in [2.05, 4.69) is 15.3 Å². The lowest BCUT2D eigenvalue weighted by Crippen LogP contribution is -2.12. The lowest BCUT2D eigenvalue weighted by molar-refractivity contribution is 0.690. The maximum atomic E-state index is 6.00. The van der Waals surface area contributed by atoms with Gasteiger partial charge in [0.2, 0.25) is 0 Å². The fourth-order valence-electron chi connectivity index (χ4n) is 2.00. The van der Waals surface area contributed by atoms with E-state index in [1.54, 1.807) is 17.5 Å². The maximum absolute atomic E-state index is 6.00. The van der Waals surface area contributed by atoms with Crippen molar-refractivity contribution in [2.24, 2.45) is 0 Å². The van der Waals surface area contributed by atoms with Gasteiger partial charge in [-0.25, -0.2) is 4.98 Å². The number of hydrogen-bond acceptors (Lipinski definition) is 4. The van der Waals surface area contributed by atoms with Crippen LogP contribution in [-0.2, 0) is 13.1 Å². The van der Waals surface area contributed by atoms with Gasteiger partial charge in [-0.3, -0.25) is 4.98 Å². The highest BCUT2D eigenvalue weighted by Gasteiger charge is 2.05. The third-order valence-corrected chi connectivity index (χ3v) is 4.87. The quantitative estimate of drug-likeness (QED) is 0.718. The minimum Gasteiger partial charge on any atom is -0.306 e. The van der Waals surface area contributed by atoms with E-state index in [9.17, 15) is 0 Å². The Morgan fingerprint density at radius 1 is 1.05 bits per heavy atom. The fourth-order valence-corrected chi connectivity index (χ4v) is 3.20. The zero-order valence-electron chi connectivity index (χ0n) is 11.6. The van der Waals surface area contributed by atoms with E-state index in [-0.39, 0.29) is 0 Å². The van der Waals surface area contributed by atoms with E-state index >= 15 is 0 Å². The Bertz CT molecular complexity index is 759. The summed E-state index contributed by atoms with van der Waals surface area (Å²) < 4.78 is 0. The minimum atomic E-state index is 0.575. The average Bonchev–Trinajstić information content (AvgIpc) is 3.01. The van der Waals surface area contributed by atoms with Crippen LogP contribution in [0.5, 0.6) is 0 Å². The number of halogens is 2. The van der Waals surface area contributed by atoms with Crippen LogP contribution >= 0.6 is 34.5 Å². The molecule has 2 aromatic heterocycles. The lowest BCUT2D eigenvalue weighted by Gasteiger charge is -2.04. The van der Waals surface area contributed by atoms with Crippen LogP contribution in [0, 0.1) is 0 Å². The van der Waals surface area contributed by atoms with Gasteiger partial charge in [-0.1, -0.05) is 35.3 Å². The van der Waals surface area contributed by atoms with Crippen LogP contribution in [0.25, 0.3) is 10.4 Å². The number of benzene rings is 1. The molecule has 6 heteroatoms. The van der Waals surface area contributed by atoms with Crippen molar-refractivity contribution in [2.75, 3.05) is 0 Å². The molecule has 0 spiro atoms. The molecule has 0 bridgehead atoms. The first-order chi connectivity index (χ1) is 10.7. The van der Waals surface area contributed by atoms with Gasteiger partial charge in [0.15, 0.2) is 0 Å². The minimum absolute atomic E-state index is 0.575. The Morgan fingerprint density at radius 2 is 1.95 bits per heavy atom. The molecule has 3 nitrogen and oxygen atoms in total. The molecule has 0 unspecified atom stereocenters. The monoisotopic (exact) mass is 349 g/mol.